The zero-order valence-electron chi connectivity index (χ0n) is 41.4. The third kappa shape index (κ3) is 7.27. The van der Waals surface area contributed by atoms with E-state index in [4.69, 9.17) is 0 Å². The molecule has 63 heavy (non-hydrogen) atoms. The molecule has 6 aromatic rings. The Hall–Kier alpha value is -5.02. The van der Waals surface area contributed by atoms with Crippen LogP contribution in [0.1, 0.15) is 157 Å². The Labute approximate surface area is 381 Å². The van der Waals surface area contributed by atoms with Gasteiger partial charge in [0.05, 0.1) is 5.69 Å². The Morgan fingerprint density at radius 3 is 1.40 bits per heavy atom. The van der Waals surface area contributed by atoms with Gasteiger partial charge in [-0.1, -0.05) is 178 Å². The van der Waals surface area contributed by atoms with Gasteiger partial charge >= 0.3 is 0 Å². The minimum atomic E-state index is -0.0123. The Morgan fingerprint density at radius 2 is 0.857 bits per heavy atom. The number of nitrogens with zero attached hydrogens (tertiary/aromatic N) is 2. The second-order valence-corrected chi connectivity index (χ2v) is 24.7. The summed E-state index contributed by atoms with van der Waals surface area (Å²) in [4.78, 5) is 5.23. The largest absolute Gasteiger partial charge is 0.311 e. The third-order valence-electron chi connectivity index (χ3n) is 15.0. The van der Waals surface area contributed by atoms with E-state index in [9.17, 15) is 0 Å². The average Bonchev–Trinajstić information content (AvgIpc) is 3.20. The van der Waals surface area contributed by atoms with Gasteiger partial charge in [-0.25, -0.2) is 0 Å². The number of anilines is 6. The first-order chi connectivity index (χ1) is 29.3. The van der Waals surface area contributed by atoms with Crippen LogP contribution in [-0.4, -0.2) is 6.71 Å². The van der Waals surface area contributed by atoms with E-state index in [1.807, 2.05) is 0 Å². The highest BCUT2D eigenvalue weighted by atomic mass is 15.2. The summed E-state index contributed by atoms with van der Waals surface area (Å²) in [6, 6.07) is 45.9. The highest BCUT2D eigenvalue weighted by molar-refractivity contribution is 7.00. The molecule has 324 valence electrons. The number of hydrogen-bond donors (Lipinski definition) is 0. The van der Waals surface area contributed by atoms with Crippen molar-refractivity contribution in [3.05, 3.63) is 149 Å². The van der Waals surface area contributed by atoms with Crippen molar-refractivity contribution in [2.24, 2.45) is 0 Å². The fourth-order valence-electron chi connectivity index (χ4n) is 10.7. The average molecular weight is 831 g/mol. The van der Waals surface area contributed by atoms with Gasteiger partial charge in [0.15, 0.2) is 0 Å². The Balaban J connectivity index is 1.40. The maximum absolute atomic E-state index is 2.67. The van der Waals surface area contributed by atoms with Gasteiger partial charge in [-0.2, -0.15) is 0 Å². The quantitative estimate of drug-likeness (QED) is 0.164. The van der Waals surface area contributed by atoms with Crippen LogP contribution in [0.25, 0.3) is 11.1 Å². The molecule has 3 aliphatic rings. The van der Waals surface area contributed by atoms with Crippen LogP contribution in [0.3, 0.4) is 0 Å². The van der Waals surface area contributed by atoms with Crippen LogP contribution in [0, 0.1) is 0 Å². The number of hydrogen-bond acceptors (Lipinski definition) is 2. The van der Waals surface area contributed by atoms with Gasteiger partial charge in [-0.05, 0) is 149 Å². The van der Waals surface area contributed by atoms with E-state index < -0.39 is 0 Å². The molecule has 0 spiro atoms. The van der Waals surface area contributed by atoms with Crippen LogP contribution in [-0.2, 0) is 32.5 Å². The number of benzene rings is 6. The van der Waals surface area contributed by atoms with Crippen molar-refractivity contribution < 1.29 is 0 Å². The lowest BCUT2D eigenvalue weighted by molar-refractivity contribution is 0.332. The SMILES string of the molecule is CC(C)(C)c1ccc(-c2cc(C(C)(C)C)ccc2N2c3cc4c(cc3B3c5cc(C(C)(C)C)ccc5N(c5ccc(C(C)(C)C)cc5)c5cccc2c53)C(C)(C)CCC4(C)C)cc1. The standard InChI is InChI=1S/C60H71BN2/c1-55(2,3)39-22-20-38(21-23-39)44-34-41(57(7,8)9)26-30-49(44)63-52-19-17-18-51-54(52)61(48-36-45-46(37-53(48)63)60(15,16)33-32-59(45,13)14)47-35-42(58(10,11)12)27-31-50(47)62(51)43-28-24-40(25-29-43)56(4,5)6/h17-31,34-37H,32-33H2,1-16H3. The van der Waals surface area contributed by atoms with E-state index in [0.717, 1.165) is 0 Å². The molecule has 9 rings (SSSR count). The van der Waals surface area contributed by atoms with Crippen LogP contribution in [0.15, 0.2) is 115 Å². The predicted molar refractivity (Wildman–Crippen MR) is 276 cm³/mol. The molecular formula is C60H71BN2. The molecular weight excluding hydrogens is 759 g/mol. The molecule has 0 N–H and O–H groups in total. The lowest BCUT2D eigenvalue weighted by Crippen LogP contribution is -2.62. The third-order valence-corrected chi connectivity index (χ3v) is 15.0. The van der Waals surface area contributed by atoms with Gasteiger partial charge in [-0.3, -0.25) is 0 Å². The molecule has 2 aliphatic heterocycles. The summed E-state index contributed by atoms with van der Waals surface area (Å²) in [5, 5.41) is 0. The smallest absolute Gasteiger partial charge is 0.252 e. The summed E-state index contributed by atoms with van der Waals surface area (Å²) < 4.78 is 0. The highest BCUT2D eigenvalue weighted by Crippen LogP contribution is 2.52. The molecule has 1 aliphatic carbocycles. The summed E-state index contributed by atoms with van der Waals surface area (Å²) in [6.45, 7) is 37.9. The molecule has 0 saturated carbocycles. The fourth-order valence-corrected chi connectivity index (χ4v) is 10.7. The normalized spacial score (nSPS) is 16.6. The van der Waals surface area contributed by atoms with Gasteiger partial charge in [0.1, 0.15) is 0 Å². The summed E-state index contributed by atoms with van der Waals surface area (Å²) in [5.74, 6) is 0. The number of fused-ring (bicyclic) bond motifs is 5. The summed E-state index contributed by atoms with van der Waals surface area (Å²) in [7, 11) is 0. The summed E-state index contributed by atoms with van der Waals surface area (Å²) in [6.07, 6.45) is 2.34. The van der Waals surface area contributed by atoms with Gasteiger partial charge in [-0.15, -0.1) is 0 Å². The number of rotatable bonds is 3. The zero-order chi connectivity index (χ0) is 45.4. The summed E-state index contributed by atoms with van der Waals surface area (Å²) in [5.41, 5.74) is 22.8. The molecule has 0 radical (unpaired) electrons. The Bertz CT molecular complexity index is 2760. The van der Waals surface area contributed by atoms with Crippen molar-refractivity contribution >= 4 is 57.2 Å². The summed E-state index contributed by atoms with van der Waals surface area (Å²) >= 11 is 0. The molecule has 6 aromatic carbocycles. The predicted octanol–water partition coefficient (Wildman–Crippen LogP) is 15.0. The fraction of sp³-hybridized carbons (Fsp3) is 0.400. The molecule has 0 saturated heterocycles. The molecule has 0 amide bonds. The second kappa shape index (κ2) is 14.2. The van der Waals surface area contributed by atoms with E-state index in [-0.39, 0.29) is 39.2 Å². The maximum Gasteiger partial charge on any atom is 0.252 e. The van der Waals surface area contributed by atoms with E-state index >= 15 is 0 Å². The first kappa shape index (κ1) is 43.2. The molecule has 0 bridgehead atoms. The second-order valence-electron chi connectivity index (χ2n) is 24.7. The van der Waals surface area contributed by atoms with E-state index in [2.05, 4.69) is 236 Å². The lowest BCUT2D eigenvalue weighted by atomic mass is 9.33. The van der Waals surface area contributed by atoms with Gasteiger partial charge < -0.3 is 9.80 Å². The van der Waals surface area contributed by atoms with Crippen molar-refractivity contribution in [1.82, 2.24) is 0 Å². The zero-order valence-corrected chi connectivity index (χ0v) is 41.4. The van der Waals surface area contributed by atoms with Crippen molar-refractivity contribution in [3.8, 4) is 11.1 Å². The topological polar surface area (TPSA) is 6.48 Å². The van der Waals surface area contributed by atoms with Crippen LogP contribution in [0.4, 0.5) is 34.1 Å². The van der Waals surface area contributed by atoms with Crippen molar-refractivity contribution in [2.75, 3.05) is 9.80 Å². The van der Waals surface area contributed by atoms with E-state index in [1.165, 1.54) is 108 Å². The van der Waals surface area contributed by atoms with E-state index in [0.29, 0.717) is 0 Å². The molecule has 3 heteroatoms. The van der Waals surface area contributed by atoms with Crippen molar-refractivity contribution in [1.29, 1.82) is 0 Å². The Morgan fingerprint density at radius 1 is 0.413 bits per heavy atom. The molecule has 0 unspecified atom stereocenters. The lowest BCUT2D eigenvalue weighted by Gasteiger charge is -2.47. The highest BCUT2D eigenvalue weighted by Gasteiger charge is 2.47. The molecule has 0 fully saturated rings. The monoisotopic (exact) mass is 831 g/mol. The van der Waals surface area contributed by atoms with Crippen LogP contribution >= 0.6 is 0 Å². The first-order valence-corrected chi connectivity index (χ1v) is 23.7. The van der Waals surface area contributed by atoms with Gasteiger partial charge in [0.2, 0.25) is 0 Å². The minimum Gasteiger partial charge on any atom is -0.311 e. The van der Waals surface area contributed by atoms with Gasteiger partial charge in [0.25, 0.3) is 6.71 Å². The van der Waals surface area contributed by atoms with Crippen molar-refractivity contribution in [3.63, 3.8) is 0 Å². The first-order valence-electron chi connectivity index (χ1n) is 23.7. The molecule has 2 nitrogen and oxygen atoms in total. The molecule has 2 heterocycles. The van der Waals surface area contributed by atoms with Crippen LogP contribution in [0.2, 0.25) is 0 Å². The molecule has 0 aromatic heterocycles. The molecule has 0 atom stereocenters. The van der Waals surface area contributed by atoms with E-state index in [1.54, 1.807) is 0 Å². The Kier molecular flexibility index (Phi) is 9.78. The maximum atomic E-state index is 2.67. The van der Waals surface area contributed by atoms with Crippen LogP contribution < -0.4 is 26.2 Å². The van der Waals surface area contributed by atoms with Crippen LogP contribution in [0.5, 0.6) is 0 Å². The van der Waals surface area contributed by atoms with Crippen molar-refractivity contribution in [2.45, 2.75) is 156 Å². The van der Waals surface area contributed by atoms with Gasteiger partial charge in [0, 0.05) is 34.0 Å². The minimum absolute atomic E-state index is 0.00828.